The first kappa shape index (κ1) is 30.6. The summed E-state index contributed by atoms with van der Waals surface area (Å²) >= 11 is 18.8. The van der Waals surface area contributed by atoms with Gasteiger partial charge in [0, 0.05) is 39.4 Å². The Morgan fingerprint density at radius 1 is 0.733 bits per heavy atom. The molecule has 12 heteroatoms. The third-order valence-electron chi connectivity index (χ3n) is 7.09. The predicted molar refractivity (Wildman–Crippen MR) is 184 cm³/mol. The zero-order valence-electron chi connectivity index (χ0n) is 24.2. The largest absolute Gasteiger partial charge is 0.395 e. The summed E-state index contributed by atoms with van der Waals surface area (Å²) in [7, 11) is 0. The molecule has 0 aliphatic carbocycles. The maximum Gasteiger partial charge on any atom is 0.233 e. The van der Waals surface area contributed by atoms with E-state index in [1.165, 1.54) is 5.56 Å². The number of aliphatic hydroxyl groups is 1. The molecule has 1 aliphatic heterocycles. The highest BCUT2D eigenvalue weighted by atomic mass is 35.5. The number of hydrazone groups is 1. The van der Waals surface area contributed by atoms with Gasteiger partial charge in [-0.05, 0) is 72.6 Å². The number of rotatable bonds is 10. The quantitative estimate of drug-likeness (QED) is 0.118. The van der Waals surface area contributed by atoms with Gasteiger partial charge in [-0.25, -0.2) is 0 Å². The summed E-state index contributed by atoms with van der Waals surface area (Å²) in [6.07, 6.45) is 0.701. The number of aliphatic hydroxyl groups excluding tert-OH is 1. The van der Waals surface area contributed by atoms with E-state index in [1.54, 1.807) is 18.2 Å². The summed E-state index contributed by atoms with van der Waals surface area (Å²) < 4.78 is 0. The first-order chi connectivity index (χ1) is 21.8. The van der Waals surface area contributed by atoms with Crippen molar-refractivity contribution in [1.82, 2.24) is 15.0 Å². The highest BCUT2D eigenvalue weighted by molar-refractivity contribution is 6.35. The Morgan fingerprint density at radius 2 is 1.31 bits per heavy atom. The van der Waals surface area contributed by atoms with Crippen LogP contribution in [-0.4, -0.2) is 38.9 Å². The van der Waals surface area contributed by atoms with Crippen molar-refractivity contribution in [3.63, 3.8) is 0 Å². The van der Waals surface area contributed by atoms with Gasteiger partial charge >= 0.3 is 0 Å². The van der Waals surface area contributed by atoms with Gasteiger partial charge in [-0.2, -0.15) is 20.1 Å². The van der Waals surface area contributed by atoms with Crippen molar-refractivity contribution in [2.24, 2.45) is 5.10 Å². The molecule has 9 nitrogen and oxygen atoms in total. The van der Waals surface area contributed by atoms with Crippen LogP contribution in [0.5, 0.6) is 0 Å². The van der Waals surface area contributed by atoms with Gasteiger partial charge in [0.25, 0.3) is 0 Å². The van der Waals surface area contributed by atoms with E-state index in [0.717, 1.165) is 33.9 Å². The maximum atomic E-state index is 9.27. The molecule has 0 radical (unpaired) electrons. The molecule has 6 rings (SSSR count). The number of anilines is 6. The summed E-state index contributed by atoms with van der Waals surface area (Å²) in [5, 5.41) is 27.5. The number of aryl methyl sites for hydroxylation is 1. The Kier molecular flexibility index (Phi) is 9.32. The van der Waals surface area contributed by atoms with E-state index in [1.807, 2.05) is 53.5 Å². The zero-order chi connectivity index (χ0) is 31.3. The van der Waals surface area contributed by atoms with Crippen LogP contribution in [0.1, 0.15) is 29.2 Å². The highest BCUT2D eigenvalue weighted by Crippen LogP contribution is 2.39. The molecule has 0 bridgehead atoms. The monoisotopic (exact) mass is 658 g/mol. The zero-order valence-corrected chi connectivity index (χ0v) is 26.4. The number of nitrogens with zero attached hydrogens (tertiary/aromatic N) is 5. The highest BCUT2D eigenvalue weighted by Gasteiger charge is 2.30. The molecule has 0 fully saturated rings. The average molecular weight is 660 g/mol. The van der Waals surface area contributed by atoms with Crippen molar-refractivity contribution in [3.8, 4) is 0 Å². The van der Waals surface area contributed by atoms with Crippen LogP contribution in [0.15, 0.2) is 96.1 Å². The summed E-state index contributed by atoms with van der Waals surface area (Å²) in [6.45, 7) is 2.31. The Labute approximate surface area is 275 Å². The van der Waals surface area contributed by atoms with E-state index >= 15 is 0 Å². The van der Waals surface area contributed by atoms with Gasteiger partial charge in [0.05, 0.1) is 24.0 Å². The SMILES string of the molecule is Cc1ccc(C2CC(c3ccc(Nc4nc(NCCO)nc(Nc5ccc(Cl)cc5)n4)cc3)=NN2c2cc(Cl)cc(Cl)c2)cc1. The van der Waals surface area contributed by atoms with E-state index in [2.05, 4.69) is 62.1 Å². The minimum absolute atomic E-state index is 0.0189. The fourth-order valence-corrected chi connectivity index (χ4v) is 5.56. The molecular formula is C33H29Cl3N8O. The van der Waals surface area contributed by atoms with Crippen LogP contribution in [0.3, 0.4) is 0 Å². The summed E-state index contributed by atoms with van der Waals surface area (Å²) in [5.41, 5.74) is 6.65. The molecular weight excluding hydrogens is 631 g/mol. The Bertz CT molecular complexity index is 1800. The van der Waals surface area contributed by atoms with Crippen molar-refractivity contribution >= 4 is 75.4 Å². The molecule has 4 aromatic carbocycles. The van der Waals surface area contributed by atoms with Crippen LogP contribution < -0.4 is 21.0 Å². The van der Waals surface area contributed by atoms with Gasteiger partial charge in [0.15, 0.2) is 0 Å². The number of benzene rings is 4. The smallest absolute Gasteiger partial charge is 0.233 e. The van der Waals surface area contributed by atoms with Gasteiger partial charge in [-0.1, -0.05) is 76.8 Å². The molecule has 0 amide bonds. The number of aromatic nitrogens is 3. The van der Waals surface area contributed by atoms with Gasteiger partial charge in [0.1, 0.15) is 0 Å². The minimum Gasteiger partial charge on any atom is -0.395 e. The molecule has 0 spiro atoms. The number of hydrogen-bond acceptors (Lipinski definition) is 9. The van der Waals surface area contributed by atoms with E-state index in [-0.39, 0.29) is 12.6 Å². The fourth-order valence-electron chi connectivity index (χ4n) is 4.91. The third kappa shape index (κ3) is 7.64. The summed E-state index contributed by atoms with van der Waals surface area (Å²) in [4.78, 5) is 13.4. The second-order valence-electron chi connectivity index (χ2n) is 10.4. The molecule has 5 aromatic rings. The summed E-state index contributed by atoms with van der Waals surface area (Å²) in [6, 6.07) is 29.1. The number of hydrogen-bond donors (Lipinski definition) is 4. The standard InChI is InChI=1S/C33H29Cl3N8O/c1-20-2-4-22(5-3-20)30-19-29(43-44(30)28-17-24(35)16-25(36)18-28)21-6-10-26(11-7-21)38-32-40-31(37-14-15-45)41-33(42-32)39-27-12-8-23(34)9-13-27/h2-13,16-18,30,45H,14-15,19H2,1H3,(H3,37,38,39,40,41,42). The Morgan fingerprint density at radius 3 is 1.91 bits per heavy atom. The minimum atomic E-state index is -0.0632. The molecule has 45 heavy (non-hydrogen) atoms. The van der Waals surface area contributed by atoms with Gasteiger partial charge in [-0.15, -0.1) is 0 Å². The van der Waals surface area contributed by atoms with Crippen LogP contribution in [-0.2, 0) is 0 Å². The molecule has 0 saturated carbocycles. The van der Waals surface area contributed by atoms with E-state index in [4.69, 9.17) is 39.9 Å². The molecule has 228 valence electrons. The molecule has 1 atom stereocenters. The van der Waals surface area contributed by atoms with Crippen LogP contribution in [0, 0.1) is 6.92 Å². The van der Waals surface area contributed by atoms with Gasteiger partial charge in [-0.3, -0.25) is 5.01 Å². The van der Waals surface area contributed by atoms with Crippen molar-refractivity contribution in [2.45, 2.75) is 19.4 Å². The van der Waals surface area contributed by atoms with E-state index in [9.17, 15) is 5.11 Å². The lowest BCUT2D eigenvalue weighted by Crippen LogP contribution is -2.18. The van der Waals surface area contributed by atoms with Crippen LogP contribution in [0.25, 0.3) is 0 Å². The van der Waals surface area contributed by atoms with Crippen LogP contribution >= 0.6 is 34.8 Å². The molecule has 1 aromatic heterocycles. The van der Waals surface area contributed by atoms with Gasteiger partial charge < -0.3 is 21.1 Å². The van der Waals surface area contributed by atoms with E-state index in [0.29, 0.717) is 45.9 Å². The molecule has 4 N–H and O–H groups in total. The predicted octanol–water partition coefficient (Wildman–Crippen LogP) is 8.39. The lowest BCUT2D eigenvalue weighted by molar-refractivity contribution is 0.311. The lowest BCUT2D eigenvalue weighted by atomic mass is 9.97. The van der Waals surface area contributed by atoms with Gasteiger partial charge in [0.2, 0.25) is 17.8 Å². The Hall–Kier alpha value is -4.41. The molecule has 1 aliphatic rings. The van der Waals surface area contributed by atoms with Crippen LogP contribution in [0.2, 0.25) is 15.1 Å². The lowest BCUT2D eigenvalue weighted by Gasteiger charge is -2.24. The normalized spacial score (nSPS) is 14.3. The van der Waals surface area contributed by atoms with Crippen molar-refractivity contribution < 1.29 is 5.11 Å². The Balaban J connectivity index is 1.24. The van der Waals surface area contributed by atoms with Crippen molar-refractivity contribution in [1.29, 1.82) is 0 Å². The van der Waals surface area contributed by atoms with Crippen molar-refractivity contribution in [3.05, 3.63) is 123 Å². The molecule has 0 saturated heterocycles. The second kappa shape index (κ2) is 13.7. The van der Waals surface area contributed by atoms with E-state index < -0.39 is 0 Å². The second-order valence-corrected chi connectivity index (χ2v) is 11.7. The average Bonchev–Trinajstić information content (AvgIpc) is 3.47. The molecule has 1 unspecified atom stereocenters. The first-order valence-electron chi connectivity index (χ1n) is 14.2. The fraction of sp³-hybridized carbons (Fsp3) is 0.152. The summed E-state index contributed by atoms with van der Waals surface area (Å²) in [5.74, 6) is 0.977. The maximum absolute atomic E-state index is 9.27. The van der Waals surface area contributed by atoms with Crippen molar-refractivity contribution in [2.75, 3.05) is 34.1 Å². The topological polar surface area (TPSA) is 111 Å². The first-order valence-corrected chi connectivity index (χ1v) is 15.4. The third-order valence-corrected chi connectivity index (χ3v) is 7.78. The molecule has 2 heterocycles. The number of halogens is 3. The van der Waals surface area contributed by atoms with Crippen LogP contribution in [0.4, 0.5) is 34.9 Å². The number of nitrogens with one attached hydrogen (secondary N) is 3.